The molecule has 15 heavy (non-hydrogen) atoms. The second kappa shape index (κ2) is 5.03. The third kappa shape index (κ3) is 3.87. The molecule has 1 saturated heterocycles. The Bertz CT molecular complexity index is 224. The number of rotatable bonds is 4. The number of likely N-dealkylation sites (tertiary alicyclic amines) is 1. The number of piperidine rings is 1. The van der Waals surface area contributed by atoms with Crippen LogP contribution in [0.4, 0.5) is 12.9 Å². The molecule has 0 aliphatic carbocycles. The average Bonchev–Trinajstić information content (AvgIpc) is 2.17. The summed E-state index contributed by atoms with van der Waals surface area (Å²) >= 11 is 0. The Labute approximate surface area is 88.1 Å². The van der Waals surface area contributed by atoms with Gasteiger partial charge < -0.3 is 22.6 Å². The largest absolute Gasteiger partial charge is 0.506 e. The molecule has 0 aromatic rings. The fourth-order valence-electron chi connectivity index (χ4n) is 1.69. The molecule has 6 heteroatoms. The lowest BCUT2D eigenvalue weighted by molar-refractivity contribution is 0.0439. The van der Waals surface area contributed by atoms with Crippen molar-refractivity contribution in [2.24, 2.45) is 0 Å². The summed E-state index contributed by atoms with van der Waals surface area (Å²) in [4.78, 5) is 1.78. The van der Waals surface area contributed by atoms with Crippen LogP contribution in [-0.4, -0.2) is 44.7 Å². The SMILES string of the molecule is C=C(CN1CCC(OC)CC1)[B-](F)(F)F. The maximum atomic E-state index is 12.3. The minimum atomic E-state index is -4.88. The van der Waals surface area contributed by atoms with Gasteiger partial charge in [-0.2, -0.15) is 0 Å². The molecule has 0 saturated carbocycles. The van der Waals surface area contributed by atoms with Gasteiger partial charge in [-0.1, -0.05) is 0 Å². The number of halogens is 3. The van der Waals surface area contributed by atoms with Crippen LogP contribution in [-0.2, 0) is 4.74 Å². The van der Waals surface area contributed by atoms with Gasteiger partial charge in [-0.05, 0) is 19.4 Å². The van der Waals surface area contributed by atoms with E-state index in [1.54, 1.807) is 12.0 Å². The van der Waals surface area contributed by atoms with Crippen molar-refractivity contribution in [2.75, 3.05) is 26.7 Å². The van der Waals surface area contributed by atoms with Gasteiger partial charge in [0, 0.05) is 20.2 Å². The summed E-state index contributed by atoms with van der Waals surface area (Å²) in [6, 6.07) is 0. The highest BCUT2D eigenvalue weighted by atomic mass is 19.4. The number of hydrogen-bond acceptors (Lipinski definition) is 2. The van der Waals surface area contributed by atoms with Crippen LogP contribution in [0, 0.1) is 0 Å². The van der Waals surface area contributed by atoms with Crippen LogP contribution in [0.15, 0.2) is 12.1 Å². The monoisotopic (exact) mass is 222 g/mol. The first-order valence-electron chi connectivity index (χ1n) is 5.06. The molecule has 0 radical (unpaired) electrons. The fraction of sp³-hybridized carbons (Fsp3) is 0.778. The quantitative estimate of drug-likeness (QED) is 0.675. The van der Waals surface area contributed by atoms with E-state index in [0.717, 1.165) is 12.8 Å². The molecular formula is C9H16BF3NO-. The maximum Gasteiger partial charge on any atom is 0.506 e. The van der Waals surface area contributed by atoms with Crippen molar-refractivity contribution >= 4 is 6.98 Å². The van der Waals surface area contributed by atoms with E-state index in [-0.39, 0.29) is 12.6 Å². The van der Waals surface area contributed by atoms with Crippen molar-refractivity contribution in [3.63, 3.8) is 0 Å². The van der Waals surface area contributed by atoms with E-state index in [9.17, 15) is 12.9 Å². The second-order valence-corrected chi connectivity index (χ2v) is 3.94. The third-order valence-corrected chi connectivity index (χ3v) is 2.76. The van der Waals surface area contributed by atoms with E-state index in [1.165, 1.54) is 0 Å². The molecule has 0 unspecified atom stereocenters. The summed E-state index contributed by atoms with van der Waals surface area (Å²) in [6.45, 7) is -0.537. The summed E-state index contributed by atoms with van der Waals surface area (Å²) in [7, 11) is 1.64. The van der Waals surface area contributed by atoms with Crippen molar-refractivity contribution in [2.45, 2.75) is 18.9 Å². The Kier molecular flexibility index (Phi) is 4.22. The van der Waals surface area contributed by atoms with Crippen LogP contribution in [0.25, 0.3) is 0 Å². The van der Waals surface area contributed by atoms with Gasteiger partial charge in [-0.25, -0.2) is 0 Å². The molecule has 0 amide bonds. The van der Waals surface area contributed by atoms with E-state index >= 15 is 0 Å². The van der Waals surface area contributed by atoms with Gasteiger partial charge in [0.2, 0.25) is 0 Å². The first-order valence-corrected chi connectivity index (χ1v) is 5.06. The van der Waals surface area contributed by atoms with Crippen LogP contribution in [0.2, 0.25) is 0 Å². The van der Waals surface area contributed by atoms with E-state index < -0.39 is 12.4 Å². The lowest BCUT2D eigenvalue weighted by Gasteiger charge is -2.33. The Morgan fingerprint density at radius 3 is 2.33 bits per heavy atom. The Balaban J connectivity index is 2.33. The molecule has 88 valence electrons. The summed E-state index contributed by atoms with van der Waals surface area (Å²) < 4.78 is 41.9. The number of nitrogens with zero attached hydrogens (tertiary/aromatic N) is 1. The lowest BCUT2D eigenvalue weighted by Crippen LogP contribution is -2.40. The minimum absolute atomic E-state index is 0.0556. The van der Waals surface area contributed by atoms with Gasteiger partial charge in [0.25, 0.3) is 0 Å². The topological polar surface area (TPSA) is 12.5 Å². The Morgan fingerprint density at radius 1 is 1.40 bits per heavy atom. The molecular weight excluding hydrogens is 206 g/mol. The van der Waals surface area contributed by atoms with E-state index in [0.29, 0.717) is 13.1 Å². The molecule has 2 nitrogen and oxygen atoms in total. The summed E-state index contributed by atoms with van der Waals surface area (Å²) in [6.07, 6.45) is 1.80. The van der Waals surface area contributed by atoms with Gasteiger partial charge in [-0.15, -0.1) is 12.1 Å². The molecule has 1 heterocycles. The lowest BCUT2D eigenvalue weighted by atomic mass is 9.80. The normalized spacial score (nSPS) is 20.5. The van der Waals surface area contributed by atoms with Crippen molar-refractivity contribution in [3.8, 4) is 0 Å². The van der Waals surface area contributed by atoms with Crippen molar-refractivity contribution in [3.05, 3.63) is 12.1 Å². The molecule has 1 rings (SSSR count). The average molecular weight is 222 g/mol. The first-order chi connectivity index (χ1) is 6.93. The smallest absolute Gasteiger partial charge is 0.445 e. The highest BCUT2D eigenvalue weighted by Gasteiger charge is 2.29. The molecule has 1 aliphatic rings. The number of ether oxygens (including phenoxy) is 1. The van der Waals surface area contributed by atoms with Gasteiger partial charge >= 0.3 is 6.98 Å². The molecule has 1 fully saturated rings. The standard InChI is InChI=1S/C9H16BF3NO/c1-8(10(11,12)13)7-14-5-3-9(15-2)4-6-14/h9H,1,3-7H2,2H3/q-1. The van der Waals surface area contributed by atoms with Crippen LogP contribution in [0.3, 0.4) is 0 Å². The van der Waals surface area contributed by atoms with Crippen LogP contribution < -0.4 is 0 Å². The Morgan fingerprint density at radius 2 is 1.93 bits per heavy atom. The predicted octanol–water partition coefficient (Wildman–Crippen LogP) is 2.04. The van der Waals surface area contributed by atoms with Crippen molar-refractivity contribution in [1.82, 2.24) is 4.90 Å². The summed E-state index contributed by atoms with van der Waals surface area (Å²) in [5, 5.41) is 0. The zero-order valence-electron chi connectivity index (χ0n) is 8.89. The molecule has 0 N–H and O–H groups in total. The zero-order chi connectivity index (χ0) is 11.5. The van der Waals surface area contributed by atoms with Crippen LogP contribution in [0.1, 0.15) is 12.8 Å². The van der Waals surface area contributed by atoms with Gasteiger partial charge in [0.1, 0.15) is 0 Å². The number of methoxy groups -OCH3 is 1. The predicted molar refractivity (Wildman–Crippen MR) is 54.7 cm³/mol. The fourth-order valence-corrected chi connectivity index (χ4v) is 1.69. The molecule has 1 aliphatic heterocycles. The van der Waals surface area contributed by atoms with Crippen molar-refractivity contribution in [1.29, 1.82) is 0 Å². The first kappa shape index (κ1) is 12.6. The van der Waals surface area contributed by atoms with Gasteiger partial charge in [0.15, 0.2) is 0 Å². The second-order valence-electron chi connectivity index (χ2n) is 3.94. The molecule has 0 aromatic heterocycles. The third-order valence-electron chi connectivity index (χ3n) is 2.76. The van der Waals surface area contributed by atoms with E-state index in [4.69, 9.17) is 4.74 Å². The molecule has 0 spiro atoms. The molecule has 0 bridgehead atoms. The van der Waals surface area contributed by atoms with Crippen molar-refractivity contribution < 1.29 is 17.7 Å². The molecule has 0 atom stereocenters. The molecule has 0 aromatic carbocycles. The van der Waals surface area contributed by atoms with Crippen LogP contribution in [0.5, 0.6) is 0 Å². The summed E-state index contributed by atoms with van der Waals surface area (Å²) in [5.41, 5.74) is -0.606. The summed E-state index contributed by atoms with van der Waals surface area (Å²) in [5.74, 6) is 0. The van der Waals surface area contributed by atoms with E-state index in [1.807, 2.05) is 0 Å². The Hall–Kier alpha value is -0.485. The zero-order valence-corrected chi connectivity index (χ0v) is 8.89. The highest BCUT2D eigenvalue weighted by molar-refractivity contribution is 6.66. The maximum absolute atomic E-state index is 12.3. The highest BCUT2D eigenvalue weighted by Crippen LogP contribution is 2.21. The van der Waals surface area contributed by atoms with Gasteiger partial charge in [0.05, 0.1) is 6.10 Å². The van der Waals surface area contributed by atoms with E-state index in [2.05, 4.69) is 6.58 Å². The minimum Gasteiger partial charge on any atom is -0.445 e. The number of hydrogen-bond donors (Lipinski definition) is 0. The van der Waals surface area contributed by atoms with Gasteiger partial charge in [-0.3, -0.25) is 0 Å². The van der Waals surface area contributed by atoms with Crippen LogP contribution >= 0.6 is 0 Å².